The standard InChI is InChI=1S/C24H29Cl2N3O/c25-22-7-6-19(15-23(22)26)16-24(30)29-11-8-20(28-12-9-27-10-13-28)17-21(29)14-18-4-2-1-3-5-18/h1-7,15,20-21,27H,8-14,16-17H2/t20-,21-/m0/s1. The van der Waals surface area contributed by atoms with Crippen LogP contribution in [0.1, 0.15) is 24.0 Å². The van der Waals surface area contributed by atoms with E-state index >= 15 is 0 Å². The molecule has 1 N–H and O–H groups in total. The topological polar surface area (TPSA) is 35.6 Å². The largest absolute Gasteiger partial charge is 0.339 e. The van der Waals surface area contributed by atoms with Gasteiger partial charge in [0.1, 0.15) is 0 Å². The summed E-state index contributed by atoms with van der Waals surface area (Å²) in [5.41, 5.74) is 2.20. The first-order valence-corrected chi connectivity index (χ1v) is 11.6. The third-order valence-corrected chi connectivity index (χ3v) is 7.07. The van der Waals surface area contributed by atoms with Gasteiger partial charge in [0.05, 0.1) is 16.5 Å². The molecule has 0 aromatic heterocycles. The molecule has 30 heavy (non-hydrogen) atoms. The third-order valence-electron chi connectivity index (χ3n) is 6.33. The lowest BCUT2D eigenvalue weighted by molar-refractivity contribution is -0.135. The Morgan fingerprint density at radius 2 is 1.73 bits per heavy atom. The fraction of sp³-hybridized carbons (Fsp3) is 0.458. The van der Waals surface area contributed by atoms with Crippen LogP contribution in [-0.4, -0.2) is 60.5 Å². The van der Waals surface area contributed by atoms with E-state index < -0.39 is 0 Å². The molecule has 2 fully saturated rings. The molecule has 2 aliphatic heterocycles. The van der Waals surface area contributed by atoms with Gasteiger partial charge >= 0.3 is 0 Å². The summed E-state index contributed by atoms with van der Waals surface area (Å²) in [5.74, 6) is 0.174. The van der Waals surface area contributed by atoms with Crippen LogP contribution in [0.15, 0.2) is 48.5 Å². The van der Waals surface area contributed by atoms with Crippen LogP contribution < -0.4 is 5.32 Å². The second-order valence-electron chi connectivity index (χ2n) is 8.32. The van der Waals surface area contributed by atoms with Gasteiger partial charge in [-0.1, -0.05) is 59.6 Å². The van der Waals surface area contributed by atoms with Crippen molar-refractivity contribution in [1.82, 2.24) is 15.1 Å². The summed E-state index contributed by atoms with van der Waals surface area (Å²) in [7, 11) is 0. The molecule has 2 heterocycles. The third kappa shape index (κ3) is 5.36. The van der Waals surface area contributed by atoms with Gasteiger partial charge in [0.2, 0.25) is 5.91 Å². The van der Waals surface area contributed by atoms with Crippen molar-refractivity contribution in [3.63, 3.8) is 0 Å². The van der Waals surface area contributed by atoms with E-state index in [1.54, 1.807) is 6.07 Å². The van der Waals surface area contributed by atoms with Crippen LogP contribution in [0.4, 0.5) is 0 Å². The molecule has 2 aromatic rings. The maximum Gasteiger partial charge on any atom is 0.227 e. The number of benzene rings is 2. The Balaban J connectivity index is 1.48. The second-order valence-corrected chi connectivity index (χ2v) is 9.13. The lowest BCUT2D eigenvalue weighted by atomic mass is 9.90. The predicted molar refractivity (Wildman–Crippen MR) is 123 cm³/mol. The number of hydrogen-bond donors (Lipinski definition) is 1. The minimum atomic E-state index is 0.174. The van der Waals surface area contributed by atoms with E-state index in [-0.39, 0.29) is 11.9 Å². The van der Waals surface area contributed by atoms with Crippen molar-refractivity contribution in [1.29, 1.82) is 0 Å². The number of piperidine rings is 1. The molecule has 0 unspecified atom stereocenters. The molecule has 2 aromatic carbocycles. The molecule has 0 radical (unpaired) electrons. The number of amides is 1. The molecule has 0 bridgehead atoms. The van der Waals surface area contributed by atoms with E-state index in [1.807, 2.05) is 18.2 Å². The van der Waals surface area contributed by atoms with Gasteiger partial charge in [-0.3, -0.25) is 9.69 Å². The quantitative estimate of drug-likeness (QED) is 0.753. The Morgan fingerprint density at radius 3 is 2.47 bits per heavy atom. The highest BCUT2D eigenvalue weighted by atomic mass is 35.5. The van der Waals surface area contributed by atoms with Gasteiger partial charge in [0, 0.05) is 44.8 Å². The fourth-order valence-electron chi connectivity index (χ4n) is 4.74. The summed E-state index contributed by atoms with van der Waals surface area (Å²) < 4.78 is 0. The van der Waals surface area contributed by atoms with E-state index in [4.69, 9.17) is 23.2 Å². The molecule has 4 nitrogen and oxygen atoms in total. The van der Waals surface area contributed by atoms with E-state index in [1.165, 1.54) is 5.56 Å². The Bertz CT molecular complexity index is 855. The molecule has 0 aliphatic carbocycles. The fourth-order valence-corrected chi connectivity index (χ4v) is 5.06. The van der Waals surface area contributed by atoms with Gasteiger partial charge in [-0.2, -0.15) is 0 Å². The molecular weight excluding hydrogens is 417 g/mol. The molecule has 0 saturated carbocycles. The van der Waals surface area contributed by atoms with Crippen molar-refractivity contribution in [3.05, 3.63) is 69.7 Å². The van der Waals surface area contributed by atoms with Crippen molar-refractivity contribution in [3.8, 4) is 0 Å². The Morgan fingerprint density at radius 1 is 0.967 bits per heavy atom. The zero-order chi connectivity index (χ0) is 20.9. The summed E-state index contributed by atoms with van der Waals surface area (Å²) >= 11 is 12.2. The van der Waals surface area contributed by atoms with Crippen molar-refractivity contribution in [2.24, 2.45) is 0 Å². The highest BCUT2D eigenvalue weighted by Crippen LogP contribution is 2.27. The van der Waals surface area contributed by atoms with Gasteiger partial charge in [-0.25, -0.2) is 0 Å². The number of nitrogens with one attached hydrogen (secondary N) is 1. The number of likely N-dealkylation sites (tertiary alicyclic amines) is 1. The average Bonchev–Trinajstić information content (AvgIpc) is 2.77. The highest BCUT2D eigenvalue weighted by Gasteiger charge is 2.34. The highest BCUT2D eigenvalue weighted by molar-refractivity contribution is 6.42. The van der Waals surface area contributed by atoms with Crippen molar-refractivity contribution < 1.29 is 4.79 Å². The van der Waals surface area contributed by atoms with E-state index in [0.29, 0.717) is 22.5 Å². The van der Waals surface area contributed by atoms with Gasteiger partial charge < -0.3 is 10.2 Å². The van der Waals surface area contributed by atoms with E-state index in [9.17, 15) is 4.79 Å². The first-order valence-electron chi connectivity index (χ1n) is 10.8. The van der Waals surface area contributed by atoms with Crippen LogP contribution in [0.5, 0.6) is 0 Å². The zero-order valence-corrected chi connectivity index (χ0v) is 18.7. The van der Waals surface area contributed by atoms with Crippen molar-refractivity contribution >= 4 is 29.1 Å². The number of nitrogens with zero attached hydrogens (tertiary/aromatic N) is 2. The molecule has 4 rings (SSSR count). The summed E-state index contributed by atoms with van der Waals surface area (Å²) in [4.78, 5) is 18.0. The molecule has 2 saturated heterocycles. The lowest BCUT2D eigenvalue weighted by Gasteiger charge is -2.45. The summed E-state index contributed by atoms with van der Waals surface area (Å²) in [6.45, 7) is 5.12. The minimum absolute atomic E-state index is 0.174. The van der Waals surface area contributed by atoms with Crippen LogP contribution in [0.25, 0.3) is 0 Å². The van der Waals surface area contributed by atoms with Gasteiger partial charge in [0.25, 0.3) is 0 Å². The number of piperazine rings is 1. The molecule has 2 atom stereocenters. The van der Waals surface area contributed by atoms with Gasteiger partial charge in [-0.15, -0.1) is 0 Å². The Hall–Kier alpha value is -1.59. The Kier molecular flexibility index (Phi) is 7.32. The summed E-state index contributed by atoms with van der Waals surface area (Å²) in [5, 5.41) is 4.46. The summed E-state index contributed by atoms with van der Waals surface area (Å²) in [6, 6.07) is 16.8. The SMILES string of the molecule is O=C(Cc1ccc(Cl)c(Cl)c1)N1CC[C@H](N2CCNCC2)C[C@@H]1Cc1ccccc1. The first kappa shape index (κ1) is 21.6. The summed E-state index contributed by atoms with van der Waals surface area (Å²) in [6.07, 6.45) is 3.33. The van der Waals surface area contributed by atoms with Crippen molar-refractivity contribution in [2.45, 2.75) is 37.8 Å². The Labute approximate surface area is 189 Å². The predicted octanol–water partition coefficient (Wildman–Crippen LogP) is 4.04. The van der Waals surface area contributed by atoms with Crippen LogP contribution >= 0.6 is 23.2 Å². The van der Waals surface area contributed by atoms with Crippen LogP contribution in [0.2, 0.25) is 10.0 Å². The molecule has 160 valence electrons. The number of halogens is 2. The van der Waals surface area contributed by atoms with E-state index in [2.05, 4.69) is 39.4 Å². The normalized spacial score (nSPS) is 22.8. The van der Waals surface area contributed by atoms with Crippen LogP contribution in [0.3, 0.4) is 0 Å². The lowest BCUT2D eigenvalue weighted by Crippen LogP contribution is -2.56. The van der Waals surface area contributed by atoms with Crippen LogP contribution in [-0.2, 0) is 17.6 Å². The van der Waals surface area contributed by atoms with Crippen molar-refractivity contribution in [2.75, 3.05) is 32.7 Å². The molecule has 2 aliphatic rings. The number of rotatable bonds is 5. The molecule has 0 spiro atoms. The number of carbonyl (C=O) groups excluding carboxylic acids is 1. The molecule has 1 amide bonds. The first-order chi connectivity index (χ1) is 14.6. The van der Waals surface area contributed by atoms with Gasteiger partial charge in [-0.05, 0) is 42.5 Å². The minimum Gasteiger partial charge on any atom is -0.339 e. The maximum atomic E-state index is 13.3. The number of carbonyl (C=O) groups is 1. The van der Waals surface area contributed by atoms with Gasteiger partial charge in [0.15, 0.2) is 0 Å². The zero-order valence-electron chi connectivity index (χ0n) is 17.2. The molecule has 6 heteroatoms. The second kappa shape index (κ2) is 10.1. The number of hydrogen-bond acceptors (Lipinski definition) is 3. The monoisotopic (exact) mass is 445 g/mol. The van der Waals surface area contributed by atoms with Crippen LogP contribution in [0, 0.1) is 0 Å². The molecular formula is C24H29Cl2N3O. The smallest absolute Gasteiger partial charge is 0.227 e. The van der Waals surface area contributed by atoms with E-state index in [0.717, 1.165) is 57.5 Å². The maximum absolute atomic E-state index is 13.3. The average molecular weight is 446 g/mol.